The van der Waals surface area contributed by atoms with Gasteiger partial charge in [0.1, 0.15) is 5.78 Å². The Morgan fingerprint density at radius 3 is 2.00 bits per heavy atom. The largest absolute Gasteiger partial charge is 0.300 e. The van der Waals surface area contributed by atoms with E-state index in [0.29, 0.717) is 5.78 Å². The van der Waals surface area contributed by atoms with E-state index in [1.54, 1.807) is 0 Å². The third-order valence-corrected chi connectivity index (χ3v) is 1.87. The topological polar surface area (TPSA) is 20.3 Å². The minimum Gasteiger partial charge on any atom is -0.300 e. The molecule has 1 unspecified atom stereocenters. The zero-order valence-corrected chi connectivity index (χ0v) is 7.92. The first-order valence-electron chi connectivity index (χ1n) is 3.80. The Hall–Kier alpha value is 0.0600. The van der Waals surface area contributed by atoms with Crippen LogP contribution in [0.4, 0.5) is 0 Å². The summed E-state index contributed by atoms with van der Waals surface area (Å²) in [4.78, 5) is 10.6. The molecule has 0 aliphatic carbocycles. The Labute approximate surface area is 65.2 Å². The zero-order valence-electron chi connectivity index (χ0n) is 6.76. The van der Waals surface area contributed by atoms with Crippen molar-refractivity contribution in [1.29, 1.82) is 0 Å². The molecule has 1 atom stereocenters. The fourth-order valence-electron chi connectivity index (χ4n) is 0.773. The maximum atomic E-state index is 10.6. The molecule has 1 aliphatic rings. The van der Waals surface area contributed by atoms with Crippen LogP contribution in [0.5, 0.6) is 0 Å². The molecule has 1 fully saturated rings. The molecule has 0 bridgehead atoms. The van der Waals surface area contributed by atoms with E-state index in [1.165, 1.54) is 0 Å². The van der Waals surface area contributed by atoms with Crippen LogP contribution in [-0.4, -0.2) is 23.5 Å². The maximum Gasteiger partial charge on any atom is 0.135 e. The van der Waals surface area contributed by atoms with Crippen LogP contribution in [0.1, 0.15) is 26.7 Å². The highest BCUT2D eigenvalue weighted by Crippen LogP contribution is 2.08. The second-order valence-electron chi connectivity index (χ2n) is 2.07. The number of piperidine rings is 1. The number of ketones is 1. The van der Waals surface area contributed by atoms with E-state index in [4.69, 9.17) is 0 Å². The SMILES string of the molecule is CC.O=C1CCN(P)CC1. The second kappa shape index (κ2) is 5.82. The fraction of sp³-hybridized carbons (Fsp3) is 0.857. The van der Waals surface area contributed by atoms with Crippen LogP contribution in [0.3, 0.4) is 0 Å². The molecule has 1 heterocycles. The Balaban J connectivity index is 0.000000371. The molecule has 3 heteroatoms. The number of carbonyl (C=O) groups is 1. The van der Waals surface area contributed by atoms with Gasteiger partial charge in [-0.2, -0.15) is 0 Å². The van der Waals surface area contributed by atoms with E-state index in [9.17, 15) is 4.79 Å². The van der Waals surface area contributed by atoms with Crippen LogP contribution in [0, 0.1) is 0 Å². The number of hydrogen-bond acceptors (Lipinski definition) is 2. The first-order chi connectivity index (χ1) is 4.79. The summed E-state index contributed by atoms with van der Waals surface area (Å²) in [5, 5.41) is 0. The lowest BCUT2D eigenvalue weighted by molar-refractivity contribution is -0.120. The number of hydrogen-bond donors (Lipinski definition) is 0. The first kappa shape index (κ1) is 10.1. The van der Waals surface area contributed by atoms with Gasteiger partial charge in [0.15, 0.2) is 0 Å². The van der Waals surface area contributed by atoms with Crippen LogP contribution < -0.4 is 0 Å². The second-order valence-corrected chi connectivity index (χ2v) is 2.80. The predicted molar refractivity (Wildman–Crippen MR) is 46.9 cm³/mol. The smallest absolute Gasteiger partial charge is 0.135 e. The highest BCUT2D eigenvalue weighted by molar-refractivity contribution is 7.13. The van der Waals surface area contributed by atoms with Crippen molar-refractivity contribution in [2.45, 2.75) is 26.7 Å². The summed E-state index contributed by atoms with van der Waals surface area (Å²) in [5.74, 6) is 0.406. The molecular formula is C7H16NOP. The maximum absolute atomic E-state index is 10.6. The molecule has 1 rings (SSSR count). The average molecular weight is 161 g/mol. The van der Waals surface area contributed by atoms with Gasteiger partial charge in [0.25, 0.3) is 0 Å². The molecule has 0 radical (unpaired) electrons. The van der Waals surface area contributed by atoms with E-state index in [1.807, 2.05) is 13.8 Å². The Morgan fingerprint density at radius 1 is 1.30 bits per heavy atom. The van der Waals surface area contributed by atoms with Crippen molar-refractivity contribution in [2.24, 2.45) is 0 Å². The minimum absolute atomic E-state index is 0.406. The summed E-state index contributed by atoms with van der Waals surface area (Å²) < 4.78 is 2.10. The fourth-order valence-corrected chi connectivity index (χ4v) is 1.03. The summed E-state index contributed by atoms with van der Waals surface area (Å²) in [6.45, 7) is 5.84. The van der Waals surface area contributed by atoms with Crippen molar-refractivity contribution < 1.29 is 4.79 Å². The third kappa shape index (κ3) is 3.97. The summed E-state index contributed by atoms with van der Waals surface area (Å²) in [7, 11) is 2.60. The standard InChI is InChI=1S/C5H10NOP.C2H6/c7-5-1-3-6(8)4-2-5;1-2/h1-4,8H2;1-2H3. The molecule has 2 nitrogen and oxygen atoms in total. The number of rotatable bonds is 0. The zero-order chi connectivity index (χ0) is 7.98. The highest BCUT2D eigenvalue weighted by Gasteiger charge is 2.11. The molecule has 10 heavy (non-hydrogen) atoms. The van der Waals surface area contributed by atoms with Crippen LogP contribution in [0.2, 0.25) is 0 Å². The van der Waals surface area contributed by atoms with E-state index in [0.717, 1.165) is 25.9 Å². The number of nitrogens with zero attached hydrogens (tertiary/aromatic N) is 1. The number of carbonyl (C=O) groups excluding carboxylic acids is 1. The molecule has 0 amide bonds. The van der Waals surface area contributed by atoms with Gasteiger partial charge in [0.2, 0.25) is 0 Å². The Kier molecular flexibility index (Phi) is 5.85. The van der Waals surface area contributed by atoms with Crippen LogP contribution in [0.25, 0.3) is 0 Å². The van der Waals surface area contributed by atoms with Gasteiger partial charge in [0, 0.05) is 25.9 Å². The molecule has 60 valence electrons. The van der Waals surface area contributed by atoms with Gasteiger partial charge >= 0.3 is 0 Å². The summed E-state index contributed by atoms with van der Waals surface area (Å²) in [6, 6.07) is 0. The lowest BCUT2D eigenvalue weighted by Crippen LogP contribution is -2.25. The average Bonchev–Trinajstić information content (AvgIpc) is 2.00. The quantitative estimate of drug-likeness (QED) is 0.501. The molecule has 0 aromatic rings. The molecule has 0 N–H and O–H groups in total. The summed E-state index contributed by atoms with van der Waals surface area (Å²) in [5.41, 5.74) is 0. The minimum atomic E-state index is 0.406. The van der Waals surface area contributed by atoms with Crippen LogP contribution >= 0.6 is 9.39 Å². The summed E-state index contributed by atoms with van der Waals surface area (Å²) in [6.07, 6.45) is 1.48. The molecule has 0 spiro atoms. The van der Waals surface area contributed by atoms with Gasteiger partial charge in [0.05, 0.1) is 0 Å². The van der Waals surface area contributed by atoms with E-state index < -0.39 is 0 Å². The molecular weight excluding hydrogens is 145 g/mol. The summed E-state index contributed by atoms with van der Waals surface area (Å²) >= 11 is 0. The van der Waals surface area contributed by atoms with Gasteiger partial charge in [-0.05, 0) is 0 Å². The third-order valence-electron chi connectivity index (χ3n) is 1.36. The van der Waals surface area contributed by atoms with Gasteiger partial charge in [-0.15, -0.1) is 0 Å². The van der Waals surface area contributed by atoms with E-state index >= 15 is 0 Å². The van der Waals surface area contributed by atoms with Crippen molar-refractivity contribution in [3.63, 3.8) is 0 Å². The van der Waals surface area contributed by atoms with Crippen molar-refractivity contribution in [3.8, 4) is 0 Å². The van der Waals surface area contributed by atoms with Crippen molar-refractivity contribution in [1.82, 2.24) is 4.67 Å². The van der Waals surface area contributed by atoms with Gasteiger partial charge in [-0.1, -0.05) is 23.2 Å². The van der Waals surface area contributed by atoms with E-state index in [2.05, 4.69) is 14.1 Å². The number of Topliss-reactive ketones (excluding diaryl/α,β-unsaturated/α-hetero) is 1. The van der Waals surface area contributed by atoms with Crippen molar-refractivity contribution >= 4 is 15.2 Å². The molecule has 0 aromatic heterocycles. The van der Waals surface area contributed by atoms with E-state index in [-0.39, 0.29) is 0 Å². The lowest BCUT2D eigenvalue weighted by Gasteiger charge is -2.19. The first-order valence-corrected chi connectivity index (χ1v) is 4.32. The monoisotopic (exact) mass is 161 g/mol. The lowest BCUT2D eigenvalue weighted by atomic mass is 10.1. The van der Waals surface area contributed by atoms with Crippen LogP contribution in [-0.2, 0) is 4.79 Å². The predicted octanol–water partition coefficient (Wildman–Crippen LogP) is 1.47. The van der Waals surface area contributed by atoms with Gasteiger partial charge < -0.3 is 0 Å². The highest BCUT2D eigenvalue weighted by atomic mass is 31.0. The Morgan fingerprint density at radius 2 is 1.70 bits per heavy atom. The van der Waals surface area contributed by atoms with Crippen molar-refractivity contribution in [3.05, 3.63) is 0 Å². The van der Waals surface area contributed by atoms with Crippen molar-refractivity contribution in [2.75, 3.05) is 13.1 Å². The molecule has 1 aliphatic heterocycles. The normalized spacial score (nSPS) is 19.7. The molecule has 0 aromatic carbocycles. The molecule has 1 saturated heterocycles. The van der Waals surface area contributed by atoms with Gasteiger partial charge in [-0.25, -0.2) is 0 Å². The van der Waals surface area contributed by atoms with Crippen LogP contribution in [0.15, 0.2) is 0 Å². The Bertz CT molecular complexity index is 95.8. The van der Waals surface area contributed by atoms with Gasteiger partial charge in [-0.3, -0.25) is 9.46 Å². The molecule has 0 saturated carbocycles.